The maximum absolute atomic E-state index is 14.8. The Bertz CT molecular complexity index is 1660. The molecule has 1 aliphatic carbocycles. The summed E-state index contributed by atoms with van der Waals surface area (Å²) in [5.74, 6) is -0.134. The molecule has 6 nitrogen and oxygen atoms in total. The van der Waals surface area contributed by atoms with E-state index in [-0.39, 0.29) is 35.0 Å². The first-order valence-electron chi connectivity index (χ1n) is 13.4. The zero-order valence-corrected chi connectivity index (χ0v) is 21.9. The predicted octanol–water partition coefficient (Wildman–Crippen LogP) is 5.72. The molecule has 2 heterocycles. The second-order valence-electron chi connectivity index (χ2n) is 10.7. The molecule has 0 amide bonds. The summed E-state index contributed by atoms with van der Waals surface area (Å²) < 4.78 is 10.9. The summed E-state index contributed by atoms with van der Waals surface area (Å²) in [6, 6.07) is 24.6. The lowest BCUT2D eigenvalue weighted by atomic mass is 9.68. The number of phenols is 1. The first-order chi connectivity index (χ1) is 19.0. The second-order valence-corrected chi connectivity index (χ2v) is 10.7. The minimum atomic E-state index is -1.12. The van der Waals surface area contributed by atoms with Crippen molar-refractivity contribution in [2.24, 2.45) is 5.92 Å². The predicted molar refractivity (Wildman–Crippen MR) is 148 cm³/mol. The van der Waals surface area contributed by atoms with E-state index < -0.39 is 11.5 Å². The highest BCUT2D eigenvalue weighted by atomic mass is 16.5. The second kappa shape index (κ2) is 8.68. The van der Waals surface area contributed by atoms with Gasteiger partial charge in [0.2, 0.25) is 0 Å². The highest BCUT2D eigenvalue weighted by molar-refractivity contribution is 6.22. The third-order valence-corrected chi connectivity index (χ3v) is 9.11. The van der Waals surface area contributed by atoms with Crippen LogP contribution in [0.15, 0.2) is 78.9 Å². The molecule has 7 rings (SSSR count). The van der Waals surface area contributed by atoms with Gasteiger partial charge in [0, 0.05) is 23.1 Å². The molecular weight excluding hydrogens is 490 g/mol. The Morgan fingerprint density at radius 2 is 1.77 bits per heavy atom. The zero-order chi connectivity index (χ0) is 26.9. The van der Waals surface area contributed by atoms with Gasteiger partial charge in [-0.2, -0.15) is 0 Å². The van der Waals surface area contributed by atoms with E-state index in [1.165, 1.54) is 13.2 Å². The van der Waals surface area contributed by atoms with Gasteiger partial charge in [0.15, 0.2) is 23.1 Å². The Balaban J connectivity index is 1.52. The van der Waals surface area contributed by atoms with Gasteiger partial charge >= 0.3 is 0 Å². The van der Waals surface area contributed by atoms with Crippen molar-refractivity contribution >= 4 is 22.3 Å². The number of rotatable bonds is 5. The minimum Gasteiger partial charge on any atom is -0.504 e. The van der Waals surface area contributed by atoms with Crippen LogP contribution in [0.5, 0.6) is 17.2 Å². The molecule has 39 heavy (non-hydrogen) atoms. The van der Waals surface area contributed by atoms with Crippen molar-refractivity contribution in [3.05, 3.63) is 101 Å². The topological polar surface area (TPSA) is 76.1 Å². The van der Waals surface area contributed by atoms with Crippen LogP contribution in [0.1, 0.15) is 50.6 Å². The van der Waals surface area contributed by atoms with Gasteiger partial charge in [0.1, 0.15) is 11.3 Å². The monoisotopic (exact) mass is 519 g/mol. The molecule has 4 atom stereocenters. The average Bonchev–Trinajstić information content (AvgIpc) is 3.63. The lowest BCUT2D eigenvalue weighted by Gasteiger charge is -2.38. The molecule has 0 radical (unpaired) electrons. The van der Waals surface area contributed by atoms with Gasteiger partial charge < -0.3 is 14.6 Å². The molecule has 4 aromatic rings. The number of Topliss-reactive ketones (excluding diaryl/α,β-unsaturated/α-hetero) is 2. The molecule has 196 valence electrons. The van der Waals surface area contributed by atoms with E-state index in [2.05, 4.69) is 4.90 Å². The molecule has 2 fully saturated rings. The molecule has 4 unspecified atom stereocenters. The molecule has 2 saturated heterocycles. The van der Waals surface area contributed by atoms with E-state index in [0.717, 1.165) is 47.0 Å². The van der Waals surface area contributed by atoms with E-state index >= 15 is 0 Å². The van der Waals surface area contributed by atoms with Crippen molar-refractivity contribution in [2.75, 3.05) is 20.8 Å². The molecule has 0 bridgehead atoms. The van der Waals surface area contributed by atoms with Gasteiger partial charge in [-0.3, -0.25) is 14.5 Å². The summed E-state index contributed by atoms with van der Waals surface area (Å²) in [6.45, 7) is 0.740. The third kappa shape index (κ3) is 3.12. The number of carbonyl (C=O) groups is 2. The Labute approximate surface area is 226 Å². The largest absolute Gasteiger partial charge is 0.504 e. The maximum atomic E-state index is 14.8. The standard InChI is InChI=1S/C33H29NO5/c1-38-22-10-3-9-20(17-22)29-25-13-6-16-34(25)33(30(29)31(36)21-14-15-26(35)27(18-21)39-2)24-12-5-8-19-7-4-11-23(28(19)24)32(33)37/h3-5,7-12,14-15,17-18,25,29-30,35H,6,13,16H2,1-2H3. The van der Waals surface area contributed by atoms with Crippen LogP contribution in [-0.2, 0) is 5.54 Å². The van der Waals surface area contributed by atoms with Crippen LogP contribution in [0.2, 0.25) is 0 Å². The summed E-state index contributed by atoms with van der Waals surface area (Å²) in [5, 5.41) is 12.2. The number of ether oxygens (including phenoxy) is 2. The lowest BCUT2D eigenvalue weighted by Crippen LogP contribution is -2.51. The van der Waals surface area contributed by atoms with Gasteiger partial charge in [-0.25, -0.2) is 0 Å². The maximum Gasteiger partial charge on any atom is 0.189 e. The van der Waals surface area contributed by atoms with Gasteiger partial charge in [-0.15, -0.1) is 0 Å². The van der Waals surface area contributed by atoms with Crippen LogP contribution in [0, 0.1) is 5.92 Å². The number of hydrogen-bond acceptors (Lipinski definition) is 6. The summed E-state index contributed by atoms with van der Waals surface area (Å²) >= 11 is 0. The van der Waals surface area contributed by atoms with Gasteiger partial charge in [0.05, 0.1) is 20.1 Å². The Morgan fingerprint density at radius 1 is 0.974 bits per heavy atom. The molecule has 6 heteroatoms. The summed E-state index contributed by atoms with van der Waals surface area (Å²) in [5.41, 5.74) is 1.88. The van der Waals surface area contributed by atoms with Crippen molar-refractivity contribution < 1.29 is 24.2 Å². The Hall–Kier alpha value is -4.16. The molecular formula is C33H29NO5. The minimum absolute atomic E-state index is 0.00399. The lowest BCUT2D eigenvalue weighted by molar-refractivity contribution is 0.0519. The number of fused-ring (bicyclic) bond motifs is 3. The number of methoxy groups -OCH3 is 2. The van der Waals surface area contributed by atoms with E-state index in [1.54, 1.807) is 19.2 Å². The fraction of sp³-hybridized carbons (Fsp3) is 0.273. The number of aromatic hydroxyl groups is 1. The Morgan fingerprint density at radius 3 is 2.56 bits per heavy atom. The van der Waals surface area contributed by atoms with Crippen LogP contribution in [0.4, 0.5) is 0 Å². The number of nitrogens with zero attached hydrogens (tertiary/aromatic N) is 1. The number of ketones is 2. The molecule has 4 aromatic carbocycles. The average molecular weight is 520 g/mol. The Kier molecular flexibility index (Phi) is 5.32. The van der Waals surface area contributed by atoms with E-state index in [0.29, 0.717) is 11.1 Å². The highest BCUT2D eigenvalue weighted by Crippen LogP contribution is 2.62. The molecule has 0 saturated carbocycles. The summed E-state index contributed by atoms with van der Waals surface area (Å²) in [6.07, 6.45) is 1.85. The van der Waals surface area contributed by atoms with Crippen molar-refractivity contribution in [3.8, 4) is 17.2 Å². The number of hydrogen-bond donors (Lipinski definition) is 1. The third-order valence-electron chi connectivity index (χ3n) is 9.11. The van der Waals surface area contributed by atoms with Crippen LogP contribution in [0.3, 0.4) is 0 Å². The van der Waals surface area contributed by atoms with E-state index in [9.17, 15) is 14.7 Å². The number of phenolic OH excluding ortho intramolecular Hbond substituents is 1. The van der Waals surface area contributed by atoms with Gasteiger partial charge in [-0.05, 0) is 71.6 Å². The van der Waals surface area contributed by atoms with Crippen molar-refractivity contribution in [3.63, 3.8) is 0 Å². The first-order valence-corrected chi connectivity index (χ1v) is 13.4. The zero-order valence-electron chi connectivity index (χ0n) is 21.9. The van der Waals surface area contributed by atoms with Crippen LogP contribution < -0.4 is 9.47 Å². The SMILES string of the molecule is COc1cccc(C2C3CCCN3C3(C(=O)c4cccc5cccc3c45)C2C(=O)c2ccc(O)c(OC)c2)c1. The van der Waals surface area contributed by atoms with Crippen molar-refractivity contribution in [1.82, 2.24) is 4.90 Å². The van der Waals surface area contributed by atoms with Crippen LogP contribution in [-0.4, -0.2) is 48.4 Å². The normalized spacial score (nSPS) is 25.4. The number of benzene rings is 4. The molecule has 1 spiro atoms. The van der Waals surface area contributed by atoms with Gasteiger partial charge in [0.25, 0.3) is 0 Å². The summed E-state index contributed by atoms with van der Waals surface area (Å²) in [7, 11) is 3.10. The smallest absolute Gasteiger partial charge is 0.189 e. The van der Waals surface area contributed by atoms with Crippen molar-refractivity contribution in [2.45, 2.75) is 30.3 Å². The molecule has 3 aliphatic rings. The van der Waals surface area contributed by atoms with Gasteiger partial charge in [-0.1, -0.05) is 48.5 Å². The van der Waals surface area contributed by atoms with E-state index in [1.807, 2.05) is 60.7 Å². The molecule has 2 aliphatic heterocycles. The quantitative estimate of drug-likeness (QED) is 0.340. The summed E-state index contributed by atoms with van der Waals surface area (Å²) in [4.78, 5) is 31.9. The van der Waals surface area contributed by atoms with Crippen molar-refractivity contribution in [1.29, 1.82) is 0 Å². The van der Waals surface area contributed by atoms with Crippen LogP contribution >= 0.6 is 0 Å². The number of carbonyl (C=O) groups excluding carboxylic acids is 2. The fourth-order valence-electron chi connectivity index (χ4n) is 7.66. The molecule has 0 aromatic heterocycles. The highest BCUT2D eigenvalue weighted by Gasteiger charge is 2.69. The van der Waals surface area contributed by atoms with E-state index in [4.69, 9.17) is 9.47 Å². The fourth-order valence-corrected chi connectivity index (χ4v) is 7.66. The molecule has 1 N–H and O–H groups in total. The first kappa shape index (κ1) is 23.9. The van der Waals surface area contributed by atoms with Crippen LogP contribution in [0.25, 0.3) is 10.8 Å².